The number of methoxy groups -OCH3 is 2. The molecular weight excluding hydrogens is 302 g/mol. The molecule has 0 fully saturated rings. The van der Waals surface area contributed by atoms with Gasteiger partial charge in [0.05, 0.1) is 33.0 Å². The summed E-state index contributed by atoms with van der Waals surface area (Å²) in [5.74, 6) is -0.111. The molecule has 0 aromatic rings. The smallest absolute Gasteiger partial charge is 0.248 e. The van der Waals surface area contributed by atoms with E-state index in [2.05, 4.69) is 0 Å². The van der Waals surface area contributed by atoms with Crippen LogP contribution in [0.2, 0.25) is 0 Å². The lowest BCUT2D eigenvalue weighted by atomic mass is 10.2. The zero-order chi connectivity index (χ0) is 17.3. The van der Waals surface area contributed by atoms with Crippen LogP contribution in [0.5, 0.6) is 0 Å². The first-order valence-corrected chi connectivity index (χ1v) is 8.08. The highest BCUT2D eigenvalue weighted by atomic mass is 16.5. The van der Waals surface area contributed by atoms with Gasteiger partial charge in [-0.15, -0.1) is 0 Å². The Balaban J connectivity index is 4.16. The third kappa shape index (κ3) is 13.1. The van der Waals surface area contributed by atoms with Gasteiger partial charge in [-0.3, -0.25) is 9.59 Å². The summed E-state index contributed by atoms with van der Waals surface area (Å²) in [7, 11) is 3.19. The van der Waals surface area contributed by atoms with Gasteiger partial charge in [-0.1, -0.05) is 6.92 Å². The Bertz CT molecular complexity index is 311. The van der Waals surface area contributed by atoms with E-state index in [1.54, 1.807) is 19.1 Å². The van der Waals surface area contributed by atoms with Crippen LogP contribution in [0.4, 0.5) is 0 Å². The number of Topliss-reactive ketones (excluding diaryl/α,β-unsaturated/α-hetero) is 1. The number of rotatable bonds is 16. The topological polar surface area (TPSA) is 74.3 Å². The van der Waals surface area contributed by atoms with Gasteiger partial charge in [0.1, 0.15) is 6.61 Å². The Morgan fingerprint density at radius 1 is 0.913 bits per heavy atom. The number of hydrogen-bond acceptors (Lipinski definition) is 6. The minimum atomic E-state index is -0.178. The fourth-order valence-corrected chi connectivity index (χ4v) is 1.86. The van der Waals surface area contributed by atoms with Crippen LogP contribution in [-0.2, 0) is 28.5 Å². The predicted molar refractivity (Wildman–Crippen MR) is 86.5 cm³/mol. The molecule has 0 unspecified atom stereocenters. The van der Waals surface area contributed by atoms with Gasteiger partial charge in [0.15, 0.2) is 5.78 Å². The number of amides is 1. The van der Waals surface area contributed by atoms with Crippen LogP contribution in [0, 0.1) is 0 Å². The number of carbonyl (C=O) groups excluding carboxylic acids is 2. The van der Waals surface area contributed by atoms with Gasteiger partial charge in [0, 0.05) is 33.8 Å². The summed E-state index contributed by atoms with van der Waals surface area (Å²) in [6, 6.07) is 0. The molecule has 0 bridgehead atoms. The summed E-state index contributed by atoms with van der Waals surface area (Å²) in [6.45, 7) is 4.93. The average molecular weight is 333 g/mol. The van der Waals surface area contributed by atoms with Gasteiger partial charge >= 0.3 is 0 Å². The van der Waals surface area contributed by atoms with Crippen molar-refractivity contribution in [3.8, 4) is 0 Å². The molecule has 23 heavy (non-hydrogen) atoms. The summed E-state index contributed by atoms with van der Waals surface area (Å²) in [5, 5.41) is 0. The minimum Gasteiger partial charge on any atom is -0.382 e. The quantitative estimate of drug-likeness (QED) is 0.391. The molecule has 0 N–H and O–H groups in total. The first kappa shape index (κ1) is 22.0. The van der Waals surface area contributed by atoms with Crippen LogP contribution in [-0.4, -0.2) is 83.5 Å². The molecule has 0 heterocycles. The van der Waals surface area contributed by atoms with Crippen molar-refractivity contribution in [1.82, 2.24) is 4.90 Å². The van der Waals surface area contributed by atoms with Gasteiger partial charge in [0.25, 0.3) is 0 Å². The first-order chi connectivity index (χ1) is 11.2. The van der Waals surface area contributed by atoms with Crippen LogP contribution in [0.15, 0.2) is 0 Å². The van der Waals surface area contributed by atoms with Crippen LogP contribution in [0.3, 0.4) is 0 Å². The molecule has 0 aliphatic carbocycles. The summed E-state index contributed by atoms with van der Waals surface area (Å²) >= 11 is 0. The summed E-state index contributed by atoms with van der Waals surface area (Å²) in [4.78, 5) is 25.5. The van der Waals surface area contributed by atoms with E-state index in [0.29, 0.717) is 52.4 Å². The Kier molecular flexibility index (Phi) is 15.2. The van der Waals surface area contributed by atoms with Crippen molar-refractivity contribution < 1.29 is 28.5 Å². The molecule has 0 radical (unpaired) electrons. The lowest BCUT2D eigenvalue weighted by Gasteiger charge is -2.22. The Hall–Kier alpha value is -1.02. The maximum atomic E-state index is 12.2. The van der Waals surface area contributed by atoms with Crippen LogP contribution < -0.4 is 0 Å². The van der Waals surface area contributed by atoms with Gasteiger partial charge in [-0.25, -0.2) is 0 Å². The van der Waals surface area contributed by atoms with Crippen molar-refractivity contribution in [3.05, 3.63) is 0 Å². The lowest BCUT2D eigenvalue weighted by molar-refractivity contribution is -0.140. The molecule has 0 saturated heterocycles. The second-order valence-electron chi connectivity index (χ2n) is 5.11. The molecule has 0 atom stereocenters. The second-order valence-corrected chi connectivity index (χ2v) is 5.11. The normalized spacial score (nSPS) is 10.7. The van der Waals surface area contributed by atoms with Crippen molar-refractivity contribution in [1.29, 1.82) is 0 Å². The van der Waals surface area contributed by atoms with Crippen LogP contribution in [0.1, 0.15) is 26.2 Å². The molecule has 0 aromatic heterocycles. The number of carbonyl (C=O) groups is 2. The largest absolute Gasteiger partial charge is 0.382 e. The van der Waals surface area contributed by atoms with Crippen LogP contribution in [0.25, 0.3) is 0 Å². The highest BCUT2D eigenvalue weighted by Crippen LogP contribution is 1.99. The monoisotopic (exact) mass is 333 g/mol. The Morgan fingerprint density at radius 3 is 2.17 bits per heavy atom. The molecule has 7 heteroatoms. The summed E-state index contributed by atoms with van der Waals surface area (Å²) in [5.41, 5.74) is 0. The highest BCUT2D eigenvalue weighted by molar-refractivity contribution is 5.86. The van der Waals surface area contributed by atoms with E-state index in [4.69, 9.17) is 18.9 Å². The van der Waals surface area contributed by atoms with Crippen molar-refractivity contribution in [2.75, 3.05) is 67.0 Å². The fraction of sp³-hybridized carbons (Fsp3) is 0.875. The third-order valence-corrected chi connectivity index (χ3v) is 3.05. The number of hydrogen-bond donors (Lipinski definition) is 0. The van der Waals surface area contributed by atoms with Crippen molar-refractivity contribution in [2.45, 2.75) is 26.2 Å². The predicted octanol–water partition coefficient (Wildman–Crippen LogP) is 0.900. The van der Waals surface area contributed by atoms with E-state index < -0.39 is 0 Å². The molecule has 7 nitrogen and oxygen atoms in total. The molecule has 0 saturated carbocycles. The highest BCUT2D eigenvalue weighted by Gasteiger charge is 2.16. The van der Waals surface area contributed by atoms with E-state index in [1.165, 1.54) is 0 Å². The zero-order valence-corrected chi connectivity index (χ0v) is 14.7. The lowest BCUT2D eigenvalue weighted by Crippen LogP contribution is -2.39. The molecule has 0 rings (SSSR count). The number of ether oxygens (including phenoxy) is 4. The molecular formula is C16H31NO6. The van der Waals surface area contributed by atoms with E-state index in [1.807, 2.05) is 6.92 Å². The van der Waals surface area contributed by atoms with Crippen molar-refractivity contribution in [3.63, 3.8) is 0 Å². The summed E-state index contributed by atoms with van der Waals surface area (Å²) in [6.07, 6.45) is 1.94. The SMILES string of the molecule is CCCC(=O)CN(CCCOCCOC)C(=O)COCCOC. The van der Waals surface area contributed by atoms with E-state index in [9.17, 15) is 9.59 Å². The van der Waals surface area contributed by atoms with E-state index in [0.717, 1.165) is 6.42 Å². The maximum Gasteiger partial charge on any atom is 0.248 e. The maximum absolute atomic E-state index is 12.2. The molecule has 0 spiro atoms. The molecule has 0 aliphatic rings. The fourth-order valence-electron chi connectivity index (χ4n) is 1.86. The molecule has 136 valence electrons. The molecule has 1 amide bonds. The van der Waals surface area contributed by atoms with E-state index in [-0.39, 0.29) is 24.8 Å². The van der Waals surface area contributed by atoms with E-state index >= 15 is 0 Å². The van der Waals surface area contributed by atoms with Crippen molar-refractivity contribution >= 4 is 11.7 Å². The van der Waals surface area contributed by atoms with Gasteiger partial charge in [-0.2, -0.15) is 0 Å². The average Bonchev–Trinajstić information content (AvgIpc) is 2.53. The number of nitrogens with zero attached hydrogens (tertiary/aromatic N) is 1. The first-order valence-electron chi connectivity index (χ1n) is 8.08. The van der Waals surface area contributed by atoms with Crippen molar-refractivity contribution in [2.24, 2.45) is 0 Å². The standard InChI is InChI=1S/C16H31NO6/c1-4-6-15(18)13-17(7-5-8-22-11-9-20-2)16(19)14-23-12-10-21-3/h4-14H2,1-3H3. The third-order valence-electron chi connectivity index (χ3n) is 3.05. The van der Waals surface area contributed by atoms with Crippen LogP contribution >= 0.6 is 0 Å². The van der Waals surface area contributed by atoms with Gasteiger partial charge < -0.3 is 23.8 Å². The Morgan fingerprint density at radius 2 is 1.57 bits per heavy atom. The summed E-state index contributed by atoms with van der Waals surface area (Å²) < 4.78 is 20.4. The number of ketones is 1. The molecule has 0 aliphatic heterocycles. The Labute approximate surface area is 139 Å². The zero-order valence-electron chi connectivity index (χ0n) is 14.7. The second kappa shape index (κ2) is 15.9. The minimum absolute atomic E-state index is 0.0344. The van der Waals surface area contributed by atoms with Gasteiger partial charge in [0.2, 0.25) is 5.91 Å². The molecule has 0 aromatic carbocycles. The van der Waals surface area contributed by atoms with Gasteiger partial charge in [-0.05, 0) is 12.8 Å².